The normalized spacial score (nSPS) is 13.1. The summed E-state index contributed by atoms with van der Waals surface area (Å²) in [6, 6.07) is 7.98. The molecule has 1 aromatic carbocycles. The number of imidazole rings is 1. The van der Waals surface area contributed by atoms with E-state index in [2.05, 4.69) is 25.3 Å². The number of H-pyrrole nitrogens is 1. The molecule has 0 atom stereocenters. The van der Waals surface area contributed by atoms with Gasteiger partial charge in [0.15, 0.2) is 5.82 Å². The standard InChI is InChI=1S/C19H16FN7O2.C2H6/c20-12-1-3-14(4-2-12)26-10-13(23-11-26)9-22-18-24-16-15(5-6-21-16)17(25-18)27-7-8-29-19(27)28;1-2/h1-6,10-11H,7-9H2,(H2,21,22,24,25);1-2H3. The first-order valence-electron chi connectivity index (χ1n) is 9.99. The minimum absolute atomic E-state index is 0.287. The maximum Gasteiger partial charge on any atom is 0.415 e. The second kappa shape index (κ2) is 8.82. The Bertz CT molecular complexity index is 1190. The second-order valence-electron chi connectivity index (χ2n) is 6.48. The lowest BCUT2D eigenvalue weighted by atomic mass is 10.3. The van der Waals surface area contributed by atoms with Gasteiger partial charge in [-0.2, -0.15) is 9.97 Å². The first kappa shape index (κ1) is 20.3. The van der Waals surface area contributed by atoms with Crippen LogP contribution in [0.15, 0.2) is 49.1 Å². The molecule has 1 amide bonds. The highest BCUT2D eigenvalue weighted by Crippen LogP contribution is 2.27. The summed E-state index contributed by atoms with van der Waals surface area (Å²) in [5.74, 6) is 0.578. The molecule has 160 valence electrons. The van der Waals surface area contributed by atoms with E-state index in [9.17, 15) is 9.18 Å². The Kier molecular flexibility index (Phi) is 5.78. The lowest BCUT2D eigenvalue weighted by molar-refractivity contribution is 0.181. The molecule has 4 heterocycles. The van der Waals surface area contributed by atoms with Crippen LogP contribution < -0.4 is 10.2 Å². The molecule has 0 spiro atoms. The number of benzene rings is 1. The molecule has 1 aliphatic rings. The zero-order chi connectivity index (χ0) is 21.8. The molecule has 9 nitrogen and oxygen atoms in total. The number of ether oxygens (including phenoxy) is 1. The predicted octanol–water partition coefficient (Wildman–Crippen LogP) is 3.88. The summed E-state index contributed by atoms with van der Waals surface area (Å²) in [7, 11) is 0. The van der Waals surface area contributed by atoms with Crippen LogP contribution >= 0.6 is 0 Å². The van der Waals surface area contributed by atoms with Crippen LogP contribution in [0.25, 0.3) is 16.7 Å². The Morgan fingerprint density at radius 3 is 2.74 bits per heavy atom. The van der Waals surface area contributed by atoms with Crippen LogP contribution in [0.1, 0.15) is 19.5 Å². The lowest BCUT2D eigenvalue weighted by Crippen LogP contribution is -2.25. The van der Waals surface area contributed by atoms with Crippen molar-refractivity contribution in [3.63, 3.8) is 0 Å². The molecular formula is C21H22FN7O2. The van der Waals surface area contributed by atoms with Crippen LogP contribution in [-0.4, -0.2) is 43.7 Å². The Hall–Kier alpha value is -3.95. The van der Waals surface area contributed by atoms with Crippen molar-refractivity contribution in [2.75, 3.05) is 23.4 Å². The van der Waals surface area contributed by atoms with E-state index in [1.54, 1.807) is 29.2 Å². The highest BCUT2D eigenvalue weighted by atomic mass is 19.1. The van der Waals surface area contributed by atoms with Gasteiger partial charge in [-0.25, -0.2) is 14.2 Å². The van der Waals surface area contributed by atoms with Crippen LogP contribution in [0.3, 0.4) is 0 Å². The summed E-state index contributed by atoms with van der Waals surface area (Å²) in [5, 5.41) is 3.88. The molecule has 3 aromatic heterocycles. The third-order valence-corrected chi connectivity index (χ3v) is 4.60. The van der Waals surface area contributed by atoms with Crippen molar-refractivity contribution in [3.05, 3.63) is 60.6 Å². The molecule has 0 unspecified atom stereocenters. The van der Waals surface area contributed by atoms with Crippen LogP contribution in [0.4, 0.5) is 21.0 Å². The van der Waals surface area contributed by atoms with Gasteiger partial charge < -0.3 is 19.6 Å². The zero-order valence-corrected chi connectivity index (χ0v) is 17.2. The number of carbonyl (C=O) groups is 1. The summed E-state index contributed by atoms with van der Waals surface area (Å²) < 4.78 is 19.9. The van der Waals surface area contributed by atoms with E-state index in [-0.39, 0.29) is 5.82 Å². The fourth-order valence-electron chi connectivity index (χ4n) is 3.17. The summed E-state index contributed by atoms with van der Waals surface area (Å²) in [6.45, 7) is 5.15. The van der Waals surface area contributed by atoms with Crippen LogP contribution in [0.2, 0.25) is 0 Å². The van der Waals surface area contributed by atoms with Gasteiger partial charge in [-0.05, 0) is 30.3 Å². The Morgan fingerprint density at radius 1 is 1.19 bits per heavy atom. The van der Waals surface area contributed by atoms with Crippen LogP contribution in [0, 0.1) is 5.82 Å². The topological polar surface area (TPSA) is 101 Å². The van der Waals surface area contributed by atoms with Gasteiger partial charge in [-0.3, -0.25) is 4.90 Å². The van der Waals surface area contributed by atoms with Gasteiger partial charge in [-0.1, -0.05) is 13.8 Å². The molecule has 0 bridgehead atoms. The first-order valence-corrected chi connectivity index (χ1v) is 9.99. The number of aromatic nitrogens is 5. The van der Waals surface area contributed by atoms with Crippen molar-refractivity contribution in [3.8, 4) is 5.69 Å². The minimum atomic E-state index is -0.421. The molecule has 31 heavy (non-hydrogen) atoms. The number of hydrogen-bond acceptors (Lipinski definition) is 6. The summed E-state index contributed by atoms with van der Waals surface area (Å²) in [5.41, 5.74) is 2.18. The number of fused-ring (bicyclic) bond motifs is 1. The van der Waals surface area contributed by atoms with E-state index >= 15 is 0 Å². The molecule has 10 heteroatoms. The van der Waals surface area contributed by atoms with Gasteiger partial charge in [0.1, 0.15) is 18.1 Å². The molecule has 0 radical (unpaired) electrons. The largest absolute Gasteiger partial charge is 0.447 e. The number of amides is 1. The number of hydrogen-bond donors (Lipinski definition) is 2. The third kappa shape index (κ3) is 4.18. The van der Waals surface area contributed by atoms with E-state index < -0.39 is 6.09 Å². The molecule has 0 saturated carbocycles. The molecular weight excluding hydrogens is 401 g/mol. The number of rotatable bonds is 5. The number of nitrogens with one attached hydrogen (secondary N) is 2. The molecule has 2 N–H and O–H groups in total. The van der Waals surface area contributed by atoms with E-state index in [0.717, 1.165) is 16.8 Å². The number of anilines is 2. The van der Waals surface area contributed by atoms with Crippen LogP contribution in [-0.2, 0) is 11.3 Å². The maximum absolute atomic E-state index is 13.1. The molecule has 4 aromatic rings. The van der Waals surface area contributed by atoms with E-state index in [1.807, 2.05) is 26.1 Å². The van der Waals surface area contributed by atoms with Crippen LogP contribution in [0.5, 0.6) is 0 Å². The monoisotopic (exact) mass is 423 g/mol. The number of nitrogens with zero attached hydrogens (tertiary/aromatic N) is 5. The molecule has 1 aliphatic heterocycles. The zero-order valence-electron chi connectivity index (χ0n) is 17.2. The summed E-state index contributed by atoms with van der Waals surface area (Å²) in [4.78, 5) is 29.8. The van der Waals surface area contributed by atoms with E-state index in [4.69, 9.17) is 4.74 Å². The van der Waals surface area contributed by atoms with Gasteiger partial charge >= 0.3 is 6.09 Å². The average molecular weight is 423 g/mol. The highest BCUT2D eigenvalue weighted by molar-refractivity contribution is 5.98. The summed E-state index contributed by atoms with van der Waals surface area (Å²) in [6.07, 6.45) is 4.82. The molecule has 5 rings (SSSR count). The van der Waals surface area contributed by atoms with Crippen molar-refractivity contribution in [2.45, 2.75) is 20.4 Å². The first-order chi connectivity index (χ1) is 15.2. The van der Waals surface area contributed by atoms with Crippen molar-refractivity contribution < 1.29 is 13.9 Å². The fraction of sp³-hybridized carbons (Fsp3) is 0.238. The minimum Gasteiger partial charge on any atom is -0.447 e. The number of aromatic amines is 1. The Labute approximate surface area is 177 Å². The third-order valence-electron chi connectivity index (χ3n) is 4.60. The van der Waals surface area contributed by atoms with Crippen molar-refractivity contribution in [2.24, 2.45) is 0 Å². The van der Waals surface area contributed by atoms with Crippen molar-refractivity contribution in [1.82, 2.24) is 24.5 Å². The number of halogens is 1. The fourth-order valence-corrected chi connectivity index (χ4v) is 3.17. The second-order valence-corrected chi connectivity index (χ2v) is 6.48. The summed E-state index contributed by atoms with van der Waals surface area (Å²) >= 11 is 0. The average Bonchev–Trinajstić information content (AvgIpc) is 3.54. The maximum atomic E-state index is 13.1. The SMILES string of the molecule is CC.O=C1OCCN1c1nc(NCc2cn(-c3ccc(F)cc3)cn2)nc2[nH]ccc12. The number of cyclic esters (lactones) is 1. The van der Waals surface area contributed by atoms with Gasteiger partial charge in [0.2, 0.25) is 5.95 Å². The van der Waals surface area contributed by atoms with Gasteiger partial charge in [0.25, 0.3) is 0 Å². The molecule has 1 fully saturated rings. The van der Waals surface area contributed by atoms with Gasteiger partial charge in [-0.15, -0.1) is 0 Å². The molecule has 0 aliphatic carbocycles. The quantitative estimate of drug-likeness (QED) is 0.505. The van der Waals surface area contributed by atoms with E-state index in [0.29, 0.717) is 37.1 Å². The van der Waals surface area contributed by atoms with Gasteiger partial charge in [0, 0.05) is 18.1 Å². The number of carbonyl (C=O) groups excluding carboxylic acids is 1. The molecule has 1 saturated heterocycles. The Morgan fingerprint density at radius 2 is 2.00 bits per heavy atom. The van der Waals surface area contributed by atoms with Crippen molar-refractivity contribution in [1.29, 1.82) is 0 Å². The van der Waals surface area contributed by atoms with Gasteiger partial charge in [0.05, 0.1) is 30.5 Å². The van der Waals surface area contributed by atoms with E-state index in [1.165, 1.54) is 17.0 Å². The lowest BCUT2D eigenvalue weighted by Gasteiger charge is -2.14. The van der Waals surface area contributed by atoms with Crippen molar-refractivity contribution >= 4 is 28.9 Å². The highest BCUT2D eigenvalue weighted by Gasteiger charge is 2.27. The smallest absolute Gasteiger partial charge is 0.415 e. The predicted molar refractivity (Wildman–Crippen MR) is 115 cm³/mol. The Balaban J connectivity index is 0.00000112.